The van der Waals surface area contributed by atoms with E-state index in [4.69, 9.17) is 25.8 Å². The highest BCUT2D eigenvalue weighted by atomic mass is 35.5. The number of hydrogen-bond donors (Lipinski definition) is 0. The predicted octanol–water partition coefficient (Wildman–Crippen LogP) is 3.39. The van der Waals surface area contributed by atoms with Crippen molar-refractivity contribution in [1.82, 2.24) is 4.57 Å². The Hall–Kier alpha value is -3.69. The van der Waals surface area contributed by atoms with Gasteiger partial charge in [-0.25, -0.2) is 9.79 Å². The third-order valence-corrected chi connectivity index (χ3v) is 6.78. The molecule has 0 radical (unpaired) electrons. The molecule has 0 aliphatic carbocycles. The lowest BCUT2D eigenvalue weighted by molar-refractivity contribution is -0.139. The van der Waals surface area contributed by atoms with Gasteiger partial charge in [0.05, 0.1) is 29.5 Å². The van der Waals surface area contributed by atoms with Crippen LogP contribution < -0.4 is 24.4 Å². The lowest BCUT2D eigenvalue weighted by Gasteiger charge is -2.25. The lowest BCUT2D eigenvalue weighted by atomic mass is 9.96. The Kier molecular flexibility index (Phi) is 7.42. The average Bonchev–Trinajstić information content (AvgIpc) is 3.13. The molecular formula is C26H23ClN2O6S. The zero-order valence-electron chi connectivity index (χ0n) is 20.0. The molecular weight excluding hydrogens is 504 g/mol. The fourth-order valence-electron chi connectivity index (χ4n) is 3.95. The average molecular weight is 527 g/mol. The molecule has 1 aliphatic rings. The van der Waals surface area contributed by atoms with E-state index in [0.29, 0.717) is 36.9 Å². The third-order valence-electron chi connectivity index (χ3n) is 5.46. The van der Waals surface area contributed by atoms with Crippen LogP contribution in [-0.2, 0) is 14.3 Å². The molecule has 0 amide bonds. The number of hydrogen-bond acceptors (Lipinski definition) is 8. The highest BCUT2D eigenvalue weighted by Gasteiger charge is 2.34. The minimum Gasteiger partial charge on any atom is -0.493 e. The number of aromatic nitrogens is 1. The number of methoxy groups -OCH3 is 1. The van der Waals surface area contributed by atoms with Crippen molar-refractivity contribution in [2.24, 2.45) is 4.99 Å². The van der Waals surface area contributed by atoms with Crippen molar-refractivity contribution in [3.05, 3.63) is 89.6 Å². The zero-order chi connectivity index (χ0) is 26.0. The van der Waals surface area contributed by atoms with Gasteiger partial charge in [0.15, 0.2) is 16.3 Å². The van der Waals surface area contributed by atoms with Crippen molar-refractivity contribution in [1.29, 1.82) is 0 Å². The highest BCUT2D eigenvalue weighted by Crippen LogP contribution is 2.34. The Morgan fingerprint density at radius 1 is 1.19 bits per heavy atom. The minimum absolute atomic E-state index is 0.181. The molecule has 0 spiro atoms. The van der Waals surface area contributed by atoms with Crippen molar-refractivity contribution in [2.75, 3.05) is 13.7 Å². The molecule has 1 aliphatic heterocycles. The van der Waals surface area contributed by atoms with Crippen molar-refractivity contribution >= 4 is 41.0 Å². The Morgan fingerprint density at radius 3 is 2.61 bits per heavy atom. The quantitative estimate of drug-likeness (QED) is 0.361. The van der Waals surface area contributed by atoms with Crippen LogP contribution in [0.2, 0.25) is 5.02 Å². The Bertz CT molecular complexity index is 1570. The maximum Gasteiger partial charge on any atom is 0.338 e. The first-order valence-corrected chi connectivity index (χ1v) is 12.2. The predicted molar refractivity (Wildman–Crippen MR) is 136 cm³/mol. The normalized spacial score (nSPS) is 15.2. The van der Waals surface area contributed by atoms with Crippen LogP contribution in [-0.4, -0.2) is 30.2 Å². The number of ether oxygens (including phenoxy) is 3. The highest BCUT2D eigenvalue weighted by molar-refractivity contribution is 7.07. The topological polar surface area (TPSA) is 96.2 Å². The van der Waals surface area contributed by atoms with E-state index in [2.05, 4.69) is 4.99 Å². The summed E-state index contributed by atoms with van der Waals surface area (Å²) in [5.41, 5.74) is 1.64. The van der Waals surface area contributed by atoms with Gasteiger partial charge in [0.1, 0.15) is 6.04 Å². The monoisotopic (exact) mass is 526 g/mol. The van der Waals surface area contributed by atoms with Crippen LogP contribution >= 0.6 is 22.9 Å². The van der Waals surface area contributed by atoms with Gasteiger partial charge in [-0.1, -0.05) is 47.2 Å². The number of esters is 2. The van der Waals surface area contributed by atoms with E-state index in [1.807, 2.05) is 0 Å². The van der Waals surface area contributed by atoms with E-state index in [9.17, 15) is 14.4 Å². The number of carbonyl (C=O) groups is 2. The summed E-state index contributed by atoms with van der Waals surface area (Å²) in [6, 6.07) is 11.2. The van der Waals surface area contributed by atoms with Gasteiger partial charge in [-0.05, 0) is 49.2 Å². The maximum atomic E-state index is 13.7. The van der Waals surface area contributed by atoms with Crippen LogP contribution in [0.25, 0.3) is 6.08 Å². The number of halogens is 1. The van der Waals surface area contributed by atoms with Gasteiger partial charge in [-0.15, -0.1) is 0 Å². The van der Waals surface area contributed by atoms with Crippen molar-refractivity contribution in [3.63, 3.8) is 0 Å². The van der Waals surface area contributed by atoms with E-state index in [-0.39, 0.29) is 23.5 Å². The van der Waals surface area contributed by atoms with Crippen LogP contribution in [0, 0.1) is 0 Å². The molecule has 10 heteroatoms. The number of carbonyl (C=O) groups excluding carboxylic acids is 2. The number of allylic oxidation sites excluding steroid dienone is 1. The number of nitrogens with zero attached hydrogens (tertiary/aromatic N) is 2. The molecule has 1 unspecified atom stereocenters. The SMILES string of the molecule is CCOC(=O)C1=C(C)N=c2sc(=Cc3ccc(OC(C)=O)c(OC)c3)c(=O)n2C1c1ccccc1Cl. The van der Waals surface area contributed by atoms with Gasteiger partial charge in [-0.2, -0.15) is 0 Å². The standard InChI is InChI=1S/C26H23ClN2O6S/c1-5-34-25(32)22-14(2)28-26-29(23(22)17-8-6-7-9-18(17)27)24(31)21(36-26)13-16-10-11-19(35-15(3)30)20(12-16)33-4/h6-13,23H,5H2,1-4H3. The second-order valence-electron chi connectivity index (χ2n) is 7.83. The fraction of sp³-hybridized carbons (Fsp3) is 0.231. The molecule has 0 fully saturated rings. The second-order valence-corrected chi connectivity index (χ2v) is 9.24. The molecule has 0 saturated heterocycles. The summed E-state index contributed by atoms with van der Waals surface area (Å²) in [4.78, 5) is 43.0. The van der Waals surface area contributed by atoms with Crippen molar-refractivity contribution in [2.45, 2.75) is 26.8 Å². The first kappa shape index (κ1) is 25.4. The van der Waals surface area contributed by atoms with E-state index in [0.717, 1.165) is 0 Å². The number of fused-ring (bicyclic) bond motifs is 1. The van der Waals surface area contributed by atoms with Crippen molar-refractivity contribution < 1.29 is 23.8 Å². The van der Waals surface area contributed by atoms with Crippen LogP contribution in [0.4, 0.5) is 0 Å². The molecule has 2 heterocycles. The van der Waals surface area contributed by atoms with Gasteiger partial charge < -0.3 is 14.2 Å². The molecule has 186 valence electrons. The van der Waals surface area contributed by atoms with Gasteiger partial charge >= 0.3 is 11.9 Å². The summed E-state index contributed by atoms with van der Waals surface area (Å²) in [5, 5.41) is 0.416. The van der Waals surface area contributed by atoms with Gasteiger partial charge in [0.25, 0.3) is 5.56 Å². The summed E-state index contributed by atoms with van der Waals surface area (Å²) in [6.45, 7) is 4.91. The Morgan fingerprint density at radius 2 is 1.94 bits per heavy atom. The van der Waals surface area contributed by atoms with E-state index >= 15 is 0 Å². The van der Waals surface area contributed by atoms with Crippen LogP contribution in [0.1, 0.15) is 37.9 Å². The van der Waals surface area contributed by atoms with Gasteiger partial charge in [-0.3, -0.25) is 14.2 Å². The first-order valence-electron chi connectivity index (χ1n) is 11.1. The fourth-order valence-corrected chi connectivity index (χ4v) is 5.23. The molecule has 0 bridgehead atoms. The minimum atomic E-state index is -0.794. The zero-order valence-corrected chi connectivity index (χ0v) is 21.6. The summed E-state index contributed by atoms with van der Waals surface area (Å²) < 4.78 is 17.7. The third kappa shape index (κ3) is 4.84. The molecule has 1 aromatic heterocycles. The number of benzene rings is 2. The Balaban J connectivity index is 1.91. The van der Waals surface area contributed by atoms with Crippen LogP contribution in [0.15, 0.2) is 63.5 Å². The van der Waals surface area contributed by atoms with E-state index in [1.165, 1.54) is 29.9 Å². The van der Waals surface area contributed by atoms with Crippen LogP contribution in [0.5, 0.6) is 11.5 Å². The number of thiazole rings is 1. The molecule has 36 heavy (non-hydrogen) atoms. The molecule has 8 nitrogen and oxygen atoms in total. The maximum absolute atomic E-state index is 13.7. The largest absolute Gasteiger partial charge is 0.493 e. The molecule has 0 saturated carbocycles. The molecule has 0 N–H and O–H groups in total. The lowest BCUT2D eigenvalue weighted by Crippen LogP contribution is -2.40. The smallest absolute Gasteiger partial charge is 0.338 e. The Labute approximate surface area is 215 Å². The first-order chi connectivity index (χ1) is 17.2. The van der Waals surface area contributed by atoms with Gasteiger partial charge in [0.2, 0.25) is 0 Å². The summed E-state index contributed by atoms with van der Waals surface area (Å²) in [7, 11) is 1.46. The second kappa shape index (κ2) is 10.5. The number of rotatable bonds is 6. The summed E-state index contributed by atoms with van der Waals surface area (Å²) in [6.07, 6.45) is 1.69. The summed E-state index contributed by atoms with van der Waals surface area (Å²) >= 11 is 7.71. The molecule has 1 atom stereocenters. The van der Waals surface area contributed by atoms with E-state index < -0.39 is 18.0 Å². The molecule has 3 aromatic rings. The van der Waals surface area contributed by atoms with E-state index in [1.54, 1.807) is 62.4 Å². The summed E-state index contributed by atoms with van der Waals surface area (Å²) in [5.74, 6) is -0.399. The van der Waals surface area contributed by atoms with Crippen LogP contribution in [0.3, 0.4) is 0 Å². The molecule has 2 aromatic carbocycles. The molecule has 4 rings (SSSR count). The van der Waals surface area contributed by atoms with Crippen molar-refractivity contribution in [3.8, 4) is 11.5 Å². The van der Waals surface area contributed by atoms with Gasteiger partial charge in [0, 0.05) is 11.9 Å².